The number of aromatic nitrogens is 2. The van der Waals surface area contributed by atoms with Crippen molar-refractivity contribution in [1.82, 2.24) is 15.5 Å². The van der Waals surface area contributed by atoms with Gasteiger partial charge in [-0.15, -0.1) is 16.7 Å². The van der Waals surface area contributed by atoms with E-state index in [1.54, 1.807) is 19.0 Å². The van der Waals surface area contributed by atoms with Crippen LogP contribution in [0.2, 0.25) is 0 Å². The van der Waals surface area contributed by atoms with Gasteiger partial charge < -0.3 is 14.6 Å². The van der Waals surface area contributed by atoms with Crippen molar-refractivity contribution in [2.45, 2.75) is 5.88 Å². The Morgan fingerprint density at radius 3 is 2.86 bits per heavy atom. The molecule has 1 aromatic heterocycles. The van der Waals surface area contributed by atoms with Crippen molar-refractivity contribution >= 4 is 23.5 Å². The molecule has 0 bridgehead atoms. The molecule has 0 fully saturated rings. The van der Waals surface area contributed by atoms with E-state index in [1.165, 1.54) is 0 Å². The highest BCUT2D eigenvalue weighted by molar-refractivity contribution is 6.16. The lowest BCUT2D eigenvalue weighted by atomic mass is 10.5. The number of amides is 1. The molecule has 0 aliphatic heterocycles. The molecule has 0 saturated heterocycles. The summed E-state index contributed by atoms with van der Waals surface area (Å²) in [7, 11) is 3.24. The molecule has 1 amide bonds. The second kappa shape index (κ2) is 4.80. The molecule has 0 aromatic carbocycles. The van der Waals surface area contributed by atoms with Crippen molar-refractivity contribution in [3.63, 3.8) is 0 Å². The average Bonchev–Trinajstić information content (AvgIpc) is 2.65. The zero-order valence-electron chi connectivity index (χ0n) is 7.95. The molecule has 0 saturated carbocycles. The van der Waals surface area contributed by atoms with Gasteiger partial charge in [0.05, 0.1) is 0 Å². The van der Waals surface area contributed by atoms with Gasteiger partial charge in [-0.05, 0) is 0 Å². The Bertz CT molecular complexity index is 314. The molecule has 1 N–H and O–H groups in total. The van der Waals surface area contributed by atoms with Gasteiger partial charge in [0.25, 0.3) is 0 Å². The molecule has 0 aliphatic carbocycles. The number of rotatable bonds is 4. The minimum Gasteiger partial charge on any atom is -0.407 e. The quantitative estimate of drug-likeness (QED) is 0.720. The van der Waals surface area contributed by atoms with E-state index in [0.717, 1.165) is 0 Å². The smallest absolute Gasteiger partial charge is 0.318 e. The van der Waals surface area contributed by atoms with E-state index in [9.17, 15) is 4.79 Å². The Kier molecular flexibility index (Phi) is 3.70. The number of carbonyl (C=O) groups is 1. The summed E-state index contributed by atoms with van der Waals surface area (Å²) >= 11 is 5.48. The highest BCUT2D eigenvalue weighted by atomic mass is 35.5. The number of likely N-dealkylation sites (N-methyl/N-ethyl adjacent to an activating group) is 2. The van der Waals surface area contributed by atoms with E-state index >= 15 is 0 Å². The van der Waals surface area contributed by atoms with Crippen molar-refractivity contribution in [3.8, 4) is 0 Å². The molecule has 1 rings (SSSR count). The number of hydrogen-bond acceptors (Lipinski definition) is 5. The average molecular weight is 219 g/mol. The molecule has 7 heteroatoms. The van der Waals surface area contributed by atoms with Crippen LogP contribution >= 0.6 is 11.6 Å². The molecular formula is C7H11ClN4O2. The molecule has 0 aliphatic rings. The van der Waals surface area contributed by atoms with Crippen molar-refractivity contribution in [2.75, 3.05) is 25.5 Å². The van der Waals surface area contributed by atoms with Crippen LogP contribution in [-0.2, 0) is 10.7 Å². The van der Waals surface area contributed by atoms with Crippen LogP contribution in [0.3, 0.4) is 0 Å². The summed E-state index contributed by atoms with van der Waals surface area (Å²) in [5.41, 5.74) is 0. The lowest BCUT2D eigenvalue weighted by molar-refractivity contribution is -0.119. The number of halogens is 1. The summed E-state index contributed by atoms with van der Waals surface area (Å²) in [5.74, 6) is 0.379. The van der Waals surface area contributed by atoms with Crippen molar-refractivity contribution < 1.29 is 9.21 Å². The molecule has 1 aromatic rings. The Morgan fingerprint density at radius 2 is 2.36 bits per heavy atom. The maximum Gasteiger partial charge on any atom is 0.318 e. The maximum absolute atomic E-state index is 11.0. The number of hydrogen-bond donors (Lipinski definition) is 1. The third-order valence-electron chi connectivity index (χ3n) is 1.56. The number of anilines is 1. The standard InChI is InChI=1S/C7H11ClN4O2/c1-9-5(13)4-12(2)7-11-10-6(3-8)14-7/h3-4H2,1-2H3,(H,9,13). The van der Waals surface area contributed by atoms with E-state index in [1.807, 2.05) is 0 Å². The van der Waals surface area contributed by atoms with E-state index in [4.69, 9.17) is 16.0 Å². The van der Waals surface area contributed by atoms with Crippen LogP contribution in [0.4, 0.5) is 6.01 Å². The van der Waals surface area contributed by atoms with Gasteiger partial charge in [0, 0.05) is 14.1 Å². The zero-order valence-corrected chi connectivity index (χ0v) is 8.71. The Hall–Kier alpha value is -1.30. The summed E-state index contributed by atoms with van der Waals surface area (Å²) in [6, 6.07) is 0.282. The molecule has 78 valence electrons. The van der Waals surface area contributed by atoms with Crippen LogP contribution in [0, 0.1) is 0 Å². The maximum atomic E-state index is 11.0. The van der Waals surface area contributed by atoms with Gasteiger partial charge in [0.15, 0.2) is 0 Å². The van der Waals surface area contributed by atoms with Gasteiger partial charge in [-0.1, -0.05) is 5.10 Å². The van der Waals surface area contributed by atoms with Crippen molar-refractivity contribution in [2.24, 2.45) is 0 Å². The number of alkyl halides is 1. The van der Waals surface area contributed by atoms with Crippen LogP contribution in [-0.4, -0.2) is 36.7 Å². The van der Waals surface area contributed by atoms with Crippen LogP contribution in [0.15, 0.2) is 4.42 Å². The second-order valence-electron chi connectivity index (χ2n) is 2.64. The minimum absolute atomic E-state index is 0.127. The fourth-order valence-corrected chi connectivity index (χ4v) is 0.923. The fourth-order valence-electron chi connectivity index (χ4n) is 0.815. The highest BCUT2D eigenvalue weighted by Crippen LogP contribution is 2.10. The first-order valence-corrected chi connectivity index (χ1v) is 4.51. The van der Waals surface area contributed by atoms with Crippen LogP contribution in [0.5, 0.6) is 0 Å². The van der Waals surface area contributed by atoms with E-state index < -0.39 is 0 Å². The predicted octanol–water partition coefficient (Wildman–Crippen LogP) is -0.00940. The van der Waals surface area contributed by atoms with Crippen molar-refractivity contribution in [1.29, 1.82) is 0 Å². The number of nitrogens with zero attached hydrogens (tertiary/aromatic N) is 3. The molecular weight excluding hydrogens is 208 g/mol. The first kappa shape index (κ1) is 10.8. The molecule has 0 spiro atoms. The number of nitrogens with one attached hydrogen (secondary N) is 1. The summed E-state index contributed by atoms with van der Waals surface area (Å²) in [6.45, 7) is 0.167. The third kappa shape index (κ3) is 2.59. The fraction of sp³-hybridized carbons (Fsp3) is 0.571. The Labute approximate surface area is 86.2 Å². The van der Waals surface area contributed by atoms with Crippen LogP contribution < -0.4 is 10.2 Å². The Balaban J connectivity index is 2.60. The summed E-state index contributed by atoms with van der Waals surface area (Å²) in [4.78, 5) is 12.5. The first-order valence-electron chi connectivity index (χ1n) is 3.97. The van der Waals surface area contributed by atoms with E-state index in [0.29, 0.717) is 5.89 Å². The SMILES string of the molecule is CNC(=O)CN(C)c1nnc(CCl)o1. The molecule has 14 heavy (non-hydrogen) atoms. The molecule has 0 unspecified atom stereocenters. The monoisotopic (exact) mass is 218 g/mol. The molecule has 6 nitrogen and oxygen atoms in total. The highest BCUT2D eigenvalue weighted by Gasteiger charge is 2.12. The van der Waals surface area contributed by atoms with Gasteiger partial charge in [-0.2, -0.15) is 0 Å². The zero-order chi connectivity index (χ0) is 10.6. The van der Waals surface area contributed by atoms with Gasteiger partial charge in [0.1, 0.15) is 12.4 Å². The molecule has 0 radical (unpaired) electrons. The Morgan fingerprint density at radius 1 is 1.64 bits per heavy atom. The molecule has 1 heterocycles. The van der Waals surface area contributed by atoms with Gasteiger partial charge in [-0.25, -0.2) is 0 Å². The topological polar surface area (TPSA) is 71.3 Å². The molecule has 0 atom stereocenters. The third-order valence-corrected chi connectivity index (χ3v) is 1.79. The lowest BCUT2D eigenvalue weighted by Gasteiger charge is -2.11. The van der Waals surface area contributed by atoms with Crippen LogP contribution in [0.25, 0.3) is 0 Å². The largest absolute Gasteiger partial charge is 0.407 e. The number of carbonyl (C=O) groups excluding carboxylic acids is 1. The summed E-state index contributed by atoms with van der Waals surface area (Å²) in [6.07, 6.45) is 0. The predicted molar refractivity (Wildman–Crippen MR) is 51.2 cm³/mol. The second-order valence-corrected chi connectivity index (χ2v) is 2.91. The normalized spacial score (nSPS) is 9.93. The summed E-state index contributed by atoms with van der Waals surface area (Å²) in [5, 5.41) is 9.88. The first-order chi connectivity index (χ1) is 6.67. The lowest BCUT2D eigenvalue weighted by Crippen LogP contribution is -2.33. The van der Waals surface area contributed by atoms with Crippen LogP contribution in [0.1, 0.15) is 5.89 Å². The minimum atomic E-state index is -0.127. The summed E-state index contributed by atoms with van der Waals surface area (Å²) < 4.78 is 5.13. The van der Waals surface area contributed by atoms with Gasteiger partial charge >= 0.3 is 6.01 Å². The van der Waals surface area contributed by atoms with E-state index in [2.05, 4.69) is 15.5 Å². The van der Waals surface area contributed by atoms with Gasteiger partial charge in [0.2, 0.25) is 11.8 Å². The van der Waals surface area contributed by atoms with Gasteiger partial charge in [-0.3, -0.25) is 4.79 Å². The van der Waals surface area contributed by atoms with E-state index in [-0.39, 0.29) is 24.3 Å². The van der Waals surface area contributed by atoms with Crippen molar-refractivity contribution in [3.05, 3.63) is 5.89 Å².